The van der Waals surface area contributed by atoms with E-state index in [9.17, 15) is 0 Å². The Bertz CT molecular complexity index is 235. The van der Waals surface area contributed by atoms with Crippen molar-refractivity contribution in [3.63, 3.8) is 0 Å². The van der Waals surface area contributed by atoms with Crippen LogP contribution in [0.15, 0.2) is 18.3 Å². The summed E-state index contributed by atoms with van der Waals surface area (Å²) in [6, 6.07) is 3.88. The van der Waals surface area contributed by atoms with Gasteiger partial charge in [0.05, 0.1) is 12.3 Å². The van der Waals surface area contributed by atoms with Crippen molar-refractivity contribution in [2.45, 2.75) is 26.7 Å². The molecule has 0 saturated heterocycles. The minimum Gasteiger partial charge on any atom is -0.492 e. The van der Waals surface area contributed by atoms with E-state index in [1.807, 2.05) is 12.1 Å². The largest absolute Gasteiger partial charge is 0.492 e. The second-order valence-corrected chi connectivity index (χ2v) is 2.65. The van der Waals surface area contributed by atoms with Crippen LogP contribution in [0.3, 0.4) is 0 Å². The van der Waals surface area contributed by atoms with Gasteiger partial charge in [-0.1, -0.05) is 13.8 Å². The highest BCUT2D eigenvalue weighted by Gasteiger charge is 1.99. The van der Waals surface area contributed by atoms with Crippen LogP contribution in [0, 0.1) is 0 Å². The maximum absolute atomic E-state index is 5.51. The Balaban J connectivity index is 2.68. The summed E-state index contributed by atoms with van der Waals surface area (Å²) in [5, 5.41) is 0. The standard InChI is InChI=1S/C10H15NO/c1-3-8-12-10-6-5-7-11-9(10)4-2/h5-7H,3-4,8H2,1-2H3. The Morgan fingerprint density at radius 1 is 1.42 bits per heavy atom. The van der Waals surface area contributed by atoms with E-state index in [2.05, 4.69) is 18.8 Å². The number of aromatic nitrogens is 1. The van der Waals surface area contributed by atoms with Crippen molar-refractivity contribution in [3.8, 4) is 5.75 Å². The Morgan fingerprint density at radius 2 is 2.25 bits per heavy atom. The lowest BCUT2D eigenvalue weighted by Gasteiger charge is -2.07. The molecule has 0 unspecified atom stereocenters. The third-order valence-corrected chi connectivity index (χ3v) is 1.65. The van der Waals surface area contributed by atoms with Crippen LogP contribution in [0.4, 0.5) is 0 Å². The Morgan fingerprint density at radius 3 is 2.92 bits per heavy atom. The van der Waals surface area contributed by atoms with Crippen LogP contribution < -0.4 is 4.74 Å². The van der Waals surface area contributed by atoms with E-state index in [0.717, 1.165) is 30.9 Å². The third-order valence-electron chi connectivity index (χ3n) is 1.65. The van der Waals surface area contributed by atoms with Gasteiger partial charge in [0.2, 0.25) is 0 Å². The molecule has 0 amide bonds. The molecule has 0 bridgehead atoms. The molecule has 0 aliphatic rings. The lowest BCUT2D eigenvalue weighted by atomic mass is 10.3. The number of aryl methyl sites for hydroxylation is 1. The molecular weight excluding hydrogens is 150 g/mol. The monoisotopic (exact) mass is 165 g/mol. The van der Waals surface area contributed by atoms with Crippen LogP contribution >= 0.6 is 0 Å². The lowest BCUT2D eigenvalue weighted by Crippen LogP contribution is -1.99. The summed E-state index contributed by atoms with van der Waals surface area (Å²) in [7, 11) is 0. The van der Waals surface area contributed by atoms with Gasteiger partial charge in [0.15, 0.2) is 0 Å². The molecule has 2 heteroatoms. The topological polar surface area (TPSA) is 22.1 Å². The van der Waals surface area contributed by atoms with Crippen molar-refractivity contribution in [1.82, 2.24) is 4.98 Å². The highest BCUT2D eigenvalue weighted by molar-refractivity contribution is 5.26. The fourth-order valence-electron chi connectivity index (χ4n) is 1.03. The minimum absolute atomic E-state index is 0.776. The zero-order valence-electron chi connectivity index (χ0n) is 7.71. The van der Waals surface area contributed by atoms with Crippen LogP contribution in [0.2, 0.25) is 0 Å². The quantitative estimate of drug-likeness (QED) is 0.683. The SMILES string of the molecule is CCCOc1cccnc1CC. The molecule has 0 radical (unpaired) electrons. The van der Waals surface area contributed by atoms with E-state index in [1.165, 1.54) is 0 Å². The molecule has 0 aromatic carbocycles. The van der Waals surface area contributed by atoms with Crippen molar-refractivity contribution < 1.29 is 4.74 Å². The fourth-order valence-corrected chi connectivity index (χ4v) is 1.03. The van der Waals surface area contributed by atoms with E-state index >= 15 is 0 Å². The molecule has 0 atom stereocenters. The predicted molar refractivity (Wildman–Crippen MR) is 49.4 cm³/mol. The Hall–Kier alpha value is -1.05. The molecule has 1 rings (SSSR count). The summed E-state index contributed by atoms with van der Waals surface area (Å²) in [6.45, 7) is 4.96. The summed E-state index contributed by atoms with van der Waals surface area (Å²) in [4.78, 5) is 4.23. The van der Waals surface area contributed by atoms with E-state index in [4.69, 9.17) is 4.74 Å². The van der Waals surface area contributed by atoms with E-state index in [1.54, 1.807) is 6.20 Å². The molecule has 0 fully saturated rings. The van der Waals surface area contributed by atoms with Crippen LogP contribution in [0.1, 0.15) is 26.0 Å². The molecule has 1 heterocycles. The predicted octanol–water partition coefficient (Wildman–Crippen LogP) is 2.43. The average molecular weight is 165 g/mol. The Kier molecular flexibility index (Phi) is 3.58. The maximum atomic E-state index is 5.51. The summed E-state index contributed by atoms with van der Waals surface area (Å²) in [5.74, 6) is 0.932. The van der Waals surface area contributed by atoms with Crippen molar-refractivity contribution in [2.24, 2.45) is 0 Å². The van der Waals surface area contributed by atoms with Gasteiger partial charge in [-0.2, -0.15) is 0 Å². The van der Waals surface area contributed by atoms with Gasteiger partial charge in [-0.05, 0) is 25.0 Å². The van der Waals surface area contributed by atoms with Gasteiger partial charge in [0.1, 0.15) is 5.75 Å². The normalized spacial score (nSPS) is 9.83. The molecule has 0 aliphatic carbocycles. The number of hydrogen-bond donors (Lipinski definition) is 0. The number of rotatable bonds is 4. The van der Waals surface area contributed by atoms with Crippen LogP contribution in [-0.4, -0.2) is 11.6 Å². The lowest BCUT2D eigenvalue weighted by molar-refractivity contribution is 0.312. The second-order valence-electron chi connectivity index (χ2n) is 2.65. The maximum Gasteiger partial charge on any atom is 0.140 e. The molecular formula is C10H15NO. The van der Waals surface area contributed by atoms with E-state index < -0.39 is 0 Å². The zero-order valence-corrected chi connectivity index (χ0v) is 7.71. The average Bonchev–Trinajstić information content (AvgIpc) is 2.15. The van der Waals surface area contributed by atoms with Gasteiger partial charge < -0.3 is 4.74 Å². The minimum atomic E-state index is 0.776. The molecule has 1 aromatic heterocycles. The molecule has 2 nitrogen and oxygen atoms in total. The van der Waals surface area contributed by atoms with Crippen LogP contribution in [0.25, 0.3) is 0 Å². The second kappa shape index (κ2) is 4.75. The van der Waals surface area contributed by atoms with E-state index in [-0.39, 0.29) is 0 Å². The van der Waals surface area contributed by atoms with Gasteiger partial charge >= 0.3 is 0 Å². The van der Waals surface area contributed by atoms with Crippen LogP contribution in [-0.2, 0) is 6.42 Å². The van der Waals surface area contributed by atoms with Crippen LogP contribution in [0.5, 0.6) is 5.75 Å². The molecule has 0 saturated carbocycles. The molecule has 0 N–H and O–H groups in total. The molecule has 0 spiro atoms. The van der Waals surface area contributed by atoms with Crippen molar-refractivity contribution in [2.75, 3.05) is 6.61 Å². The summed E-state index contributed by atoms with van der Waals surface area (Å²) in [6.07, 6.45) is 3.77. The highest BCUT2D eigenvalue weighted by atomic mass is 16.5. The van der Waals surface area contributed by atoms with Gasteiger partial charge in [-0.3, -0.25) is 4.98 Å². The smallest absolute Gasteiger partial charge is 0.140 e. The first-order chi connectivity index (χ1) is 5.88. The van der Waals surface area contributed by atoms with Crippen molar-refractivity contribution in [1.29, 1.82) is 0 Å². The zero-order chi connectivity index (χ0) is 8.81. The first-order valence-electron chi connectivity index (χ1n) is 4.45. The molecule has 1 aromatic rings. The first-order valence-corrected chi connectivity index (χ1v) is 4.45. The summed E-state index contributed by atoms with van der Waals surface area (Å²) >= 11 is 0. The fraction of sp³-hybridized carbons (Fsp3) is 0.500. The van der Waals surface area contributed by atoms with Crippen molar-refractivity contribution in [3.05, 3.63) is 24.0 Å². The van der Waals surface area contributed by atoms with Gasteiger partial charge in [-0.15, -0.1) is 0 Å². The number of hydrogen-bond acceptors (Lipinski definition) is 2. The first kappa shape index (κ1) is 9.04. The summed E-state index contributed by atoms with van der Waals surface area (Å²) < 4.78 is 5.51. The van der Waals surface area contributed by atoms with E-state index in [0.29, 0.717) is 0 Å². The van der Waals surface area contributed by atoms with Gasteiger partial charge in [-0.25, -0.2) is 0 Å². The summed E-state index contributed by atoms with van der Waals surface area (Å²) in [5.41, 5.74) is 1.05. The Labute approximate surface area is 73.6 Å². The molecule has 12 heavy (non-hydrogen) atoms. The molecule has 66 valence electrons. The number of ether oxygens (including phenoxy) is 1. The third kappa shape index (κ3) is 2.22. The highest BCUT2D eigenvalue weighted by Crippen LogP contribution is 2.15. The number of pyridine rings is 1. The molecule has 0 aliphatic heterocycles. The number of nitrogens with zero attached hydrogens (tertiary/aromatic N) is 1. The van der Waals surface area contributed by atoms with Gasteiger partial charge in [0, 0.05) is 6.20 Å². The van der Waals surface area contributed by atoms with Gasteiger partial charge in [0.25, 0.3) is 0 Å². The van der Waals surface area contributed by atoms with Crippen molar-refractivity contribution >= 4 is 0 Å².